The minimum atomic E-state index is -0.292. The first-order valence-electron chi connectivity index (χ1n) is 3.16. The van der Waals surface area contributed by atoms with Crippen molar-refractivity contribution in [3.05, 3.63) is 23.9 Å². The summed E-state index contributed by atoms with van der Waals surface area (Å²) in [6.07, 6.45) is 5.99. The van der Waals surface area contributed by atoms with E-state index in [1.165, 1.54) is 0 Å². The van der Waals surface area contributed by atoms with Crippen LogP contribution in [-0.2, 0) is 4.79 Å². The van der Waals surface area contributed by atoms with Gasteiger partial charge in [-0.3, -0.25) is 4.79 Å². The fourth-order valence-corrected chi connectivity index (χ4v) is 0.828. The van der Waals surface area contributed by atoms with E-state index in [2.05, 4.69) is 5.32 Å². The third-order valence-corrected chi connectivity index (χ3v) is 1.23. The van der Waals surface area contributed by atoms with E-state index in [0.29, 0.717) is 6.42 Å². The Morgan fingerprint density at radius 3 is 3.10 bits per heavy atom. The monoisotopic (exact) mass is 138 g/mol. The summed E-state index contributed by atoms with van der Waals surface area (Å²) in [6, 6.07) is 0. The number of carbonyl (C=O) groups is 1. The highest BCUT2D eigenvalue weighted by molar-refractivity contribution is 5.77. The van der Waals surface area contributed by atoms with Crippen molar-refractivity contribution in [2.45, 2.75) is 6.42 Å². The zero-order valence-electron chi connectivity index (χ0n) is 5.63. The fourth-order valence-electron chi connectivity index (χ4n) is 0.828. The molecule has 0 aromatic heterocycles. The molecule has 0 spiro atoms. The zero-order valence-corrected chi connectivity index (χ0v) is 5.63. The summed E-state index contributed by atoms with van der Waals surface area (Å²) in [6.45, 7) is 0.836. The molecule has 1 amide bonds. The molecule has 10 heavy (non-hydrogen) atoms. The molecule has 0 saturated heterocycles. The average Bonchev–Trinajstić information content (AvgIpc) is 1.88. The van der Waals surface area contributed by atoms with Crippen molar-refractivity contribution in [2.75, 3.05) is 6.54 Å². The lowest BCUT2D eigenvalue weighted by molar-refractivity contribution is -0.117. The number of hydrogen-bond donors (Lipinski definition) is 2. The second-order valence-electron chi connectivity index (χ2n) is 2.17. The van der Waals surface area contributed by atoms with E-state index in [-0.39, 0.29) is 5.91 Å². The number of rotatable bonds is 2. The molecule has 0 saturated carbocycles. The van der Waals surface area contributed by atoms with Gasteiger partial charge in [-0.1, -0.05) is 12.2 Å². The molecule has 0 aliphatic carbocycles. The highest BCUT2D eigenvalue weighted by Gasteiger charge is 1.99. The van der Waals surface area contributed by atoms with Gasteiger partial charge in [-0.15, -0.1) is 0 Å². The van der Waals surface area contributed by atoms with Crippen LogP contribution in [0.25, 0.3) is 0 Å². The minimum absolute atomic E-state index is 0.292. The Labute approximate surface area is 59.6 Å². The lowest BCUT2D eigenvalue weighted by Gasteiger charge is -2.05. The van der Waals surface area contributed by atoms with Crippen LogP contribution >= 0.6 is 0 Å². The summed E-state index contributed by atoms with van der Waals surface area (Å²) in [4.78, 5) is 10.4. The molecule has 1 aliphatic rings. The number of allylic oxidation sites excluding steroid dienone is 1. The van der Waals surface area contributed by atoms with Crippen molar-refractivity contribution in [2.24, 2.45) is 5.73 Å². The van der Waals surface area contributed by atoms with Crippen LogP contribution < -0.4 is 11.1 Å². The highest BCUT2D eigenvalue weighted by Crippen LogP contribution is 2.03. The van der Waals surface area contributed by atoms with Crippen LogP contribution in [0.1, 0.15) is 6.42 Å². The molecular weight excluding hydrogens is 128 g/mol. The Balaban J connectivity index is 2.48. The average molecular weight is 138 g/mol. The first kappa shape index (κ1) is 6.86. The molecule has 0 radical (unpaired) electrons. The number of nitrogens with one attached hydrogen (secondary N) is 1. The van der Waals surface area contributed by atoms with Gasteiger partial charge in [-0.2, -0.15) is 0 Å². The Morgan fingerprint density at radius 1 is 1.80 bits per heavy atom. The van der Waals surface area contributed by atoms with E-state index in [1.54, 1.807) is 0 Å². The summed E-state index contributed by atoms with van der Waals surface area (Å²) in [5.74, 6) is -0.292. The number of nitrogens with two attached hydrogens (primary N) is 1. The molecule has 3 heteroatoms. The quantitative estimate of drug-likeness (QED) is 0.560. The van der Waals surface area contributed by atoms with Gasteiger partial charge in [0, 0.05) is 12.7 Å². The number of primary amides is 1. The molecule has 1 heterocycles. The summed E-state index contributed by atoms with van der Waals surface area (Å²) in [7, 11) is 0. The maximum Gasteiger partial charge on any atom is 0.221 e. The maximum atomic E-state index is 10.4. The van der Waals surface area contributed by atoms with Gasteiger partial charge in [-0.25, -0.2) is 0 Å². The molecule has 0 fully saturated rings. The van der Waals surface area contributed by atoms with Crippen molar-refractivity contribution >= 4 is 5.91 Å². The third kappa shape index (κ3) is 1.93. The van der Waals surface area contributed by atoms with Gasteiger partial charge < -0.3 is 11.1 Å². The molecule has 3 N–H and O–H groups in total. The molecule has 0 aromatic rings. The normalized spacial score (nSPS) is 15.8. The first-order valence-corrected chi connectivity index (χ1v) is 3.16. The summed E-state index contributed by atoms with van der Waals surface area (Å²) in [5.41, 5.74) is 5.93. The van der Waals surface area contributed by atoms with E-state index in [4.69, 9.17) is 5.73 Å². The molecule has 0 bridgehead atoms. The van der Waals surface area contributed by atoms with Gasteiger partial charge >= 0.3 is 0 Å². The number of dihydropyridines is 1. The lowest BCUT2D eigenvalue weighted by atomic mass is 10.1. The van der Waals surface area contributed by atoms with E-state index in [9.17, 15) is 4.79 Å². The summed E-state index contributed by atoms with van der Waals surface area (Å²) < 4.78 is 0. The predicted molar refractivity (Wildman–Crippen MR) is 39.0 cm³/mol. The molecule has 0 atom stereocenters. The lowest BCUT2D eigenvalue weighted by Crippen LogP contribution is -2.15. The van der Waals surface area contributed by atoms with Crippen LogP contribution in [-0.4, -0.2) is 12.5 Å². The molecule has 0 aromatic carbocycles. The molecule has 1 aliphatic heterocycles. The van der Waals surface area contributed by atoms with Gasteiger partial charge in [-0.05, 0) is 5.57 Å². The Hall–Kier alpha value is -1.25. The summed E-state index contributed by atoms with van der Waals surface area (Å²) >= 11 is 0. The van der Waals surface area contributed by atoms with Crippen molar-refractivity contribution in [1.82, 2.24) is 5.32 Å². The van der Waals surface area contributed by atoms with E-state index >= 15 is 0 Å². The van der Waals surface area contributed by atoms with Crippen molar-refractivity contribution in [3.63, 3.8) is 0 Å². The highest BCUT2D eigenvalue weighted by atomic mass is 16.1. The Morgan fingerprint density at radius 2 is 2.60 bits per heavy atom. The predicted octanol–water partition coefficient (Wildman–Crippen LogP) is -0.0949. The van der Waals surface area contributed by atoms with Crippen molar-refractivity contribution < 1.29 is 4.79 Å². The first-order chi connectivity index (χ1) is 4.79. The third-order valence-electron chi connectivity index (χ3n) is 1.23. The van der Waals surface area contributed by atoms with E-state index in [1.807, 2.05) is 18.4 Å². The SMILES string of the molecule is NC(=O)CC1=CNCC=C1. The van der Waals surface area contributed by atoms with Crippen LogP contribution in [0, 0.1) is 0 Å². The molecule has 54 valence electrons. The molecule has 1 rings (SSSR count). The maximum absolute atomic E-state index is 10.4. The summed E-state index contributed by atoms with van der Waals surface area (Å²) in [5, 5.41) is 2.98. The smallest absolute Gasteiger partial charge is 0.221 e. The van der Waals surface area contributed by atoms with Gasteiger partial charge in [0.2, 0.25) is 5.91 Å². The number of hydrogen-bond acceptors (Lipinski definition) is 2. The Bertz CT molecular complexity index is 194. The van der Waals surface area contributed by atoms with Gasteiger partial charge in [0.25, 0.3) is 0 Å². The van der Waals surface area contributed by atoms with Crippen LogP contribution in [0.2, 0.25) is 0 Å². The van der Waals surface area contributed by atoms with Crippen LogP contribution in [0.4, 0.5) is 0 Å². The van der Waals surface area contributed by atoms with Crippen LogP contribution in [0.5, 0.6) is 0 Å². The van der Waals surface area contributed by atoms with Gasteiger partial charge in [0.1, 0.15) is 0 Å². The number of carbonyl (C=O) groups excluding carboxylic acids is 1. The van der Waals surface area contributed by atoms with Crippen molar-refractivity contribution in [3.8, 4) is 0 Å². The molecule has 3 nitrogen and oxygen atoms in total. The Kier molecular flexibility index (Phi) is 2.10. The number of amides is 1. The zero-order chi connectivity index (χ0) is 7.40. The van der Waals surface area contributed by atoms with Crippen LogP contribution in [0.3, 0.4) is 0 Å². The fraction of sp³-hybridized carbons (Fsp3) is 0.286. The topological polar surface area (TPSA) is 55.1 Å². The molecular formula is C7H10N2O. The largest absolute Gasteiger partial charge is 0.387 e. The van der Waals surface area contributed by atoms with E-state index in [0.717, 1.165) is 12.1 Å². The second kappa shape index (κ2) is 3.06. The minimum Gasteiger partial charge on any atom is -0.387 e. The standard InChI is InChI=1S/C7H10N2O/c8-7(10)4-6-2-1-3-9-5-6/h1-2,5,9H,3-4H2,(H2,8,10). The van der Waals surface area contributed by atoms with Crippen LogP contribution in [0.15, 0.2) is 23.9 Å². The van der Waals surface area contributed by atoms with Gasteiger partial charge in [0.05, 0.1) is 6.42 Å². The van der Waals surface area contributed by atoms with Crippen molar-refractivity contribution in [1.29, 1.82) is 0 Å². The van der Waals surface area contributed by atoms with Gasteiger partial charge in [0.15, 0.2) is 0 Å². The second-order valence-corrected chi connectivity index (χ2v) is 2.17. The molecule has 0 unspecified atom stereocenters. The van der Waals surface area contributed by atoms with E-state index < -0.39 is 0 Å².